The first kappa shape index (κ1) is 17.9. The average molecular weight is 392 g/mol. The maximum absolute atomic E-state index is 13.1. The van der Waals surface area contributed by atoms with E-state index in [9.17, 15) is 4.79 Å². The van der Waals surface area contributed by atoms with E-state index in [2.05, 4.69) is 20.0 Å². The van der Waals surface area contributed by atoms with Crippen molar-refractivity contribution in [3.05, 3.63) is 41.7 Å². The zero-order valence-electron chi connectivity index (χ0n) is 16.9. The minimum absolute atomic E-state index is 0.0734. The third-order valence-corrected chi connectivity index (χ3v) is 6.06. The zero-order chi connectivity index (χ0) is 20.1. The van der Waals surface area contributed by atoms with Crippen LogP contribution in [-0.4, -0.2) is 63.8 Å². The Kier molecular flexibility index (Phi) is 4.15. The van der Waals surface area contributed by atoms with E-state index < -0.39 is 0 Å². The molecular weight excluding hydrogens is 368 g/mol. The highest BCUT2D eigenvalue weighted by Gasteiger charge is 2.42. The first-order valence-electron chi connectivity index (χ1n) is 9.88. The van der Waals surface area contributed by atoms with Crippen molar-refractivity contribution < 1.29 is 9.53 Å². The lowest BCUT2D eigenvalue weighted by Crippen LogP contribution is -2.33. The quantitative estimate of drug-likeness (QED) is 0.678. The third-order valence-electron chi connectivity index (χ3n) is 6.06. The summed E-state index contributed by atoms with van der Waals surface area (Å²) in [4.78, 5) is 26.3. The summed E-state index contributed by atoms with van der Waals surface area (Å²) in [6, 6.07) is 7.56. The van der Waals surface area contributed by atoms with Gasteiger partial charge in [0.05, 0.1) is 18.0 Å². The first-order valence-corrected chi connectivity index (χ1v) is 9.88. The molecule has 2 aliphatic heterocycles. The SMILES string of the molecule is COc1c2ccc(C(=O)N3CC4CN(c5nccc(C)n5)CC4C3)cc2nn1C. The first-order chi connectivity index (χ1) is 14.0. The van der Waals surface area contributed by atoms with Crippen LogP contribution in [0.2, 0.25) is 0 Å². The summed E-state index contributed by atoms with van der Waals surface area (Å²) in [5.41, 5.74) is 2.43. The molecule has 5 rings (SSSR count). The Morgan fingerprint density at radius 2 is 1.90 bits per heavy atom. The van der Waals surface area contributed by atoms with Crippen LogP contribution in [0.3, 0.4) is 0 Å². The summed E-state index contributed by atoms with van der Waals surface area (Å²) in [5, 5.41) is 5.38. The largest absolute Gasteiger partial charge is 0.481 e. The number of methoxy groups -OCH3 is 1. The Hall–Kier alpha value is -3.16. The van der Waals surface area contributed by atoms with Gasteiger partial charge in [-0.05, 0) is 31.2 Å². The zero-order valence-corrected chi connectivity index (χ0v) is 16.9. The van der Waals surface area contributed by atoms with Gasteiger partial charge in [-0.3, -0.25) is 4.79 Å². The molecule has 0 radical (unpaired) electrons. The highest BCUT2D eigenvalue weighted by Crippen LogP contribution is 2.34. The van der Waals surface area contributed by atoms with Crippen LogP contribution < -0.4 is 9.64 Å². The second-order valence-electron chi connectivity index (χ2n) is 8.00. The van der Waals surface area contributed by atoms with Crippen LogP contribution in [0.1, 0.15) is 16.1 Å². The topological polar surface area (TPSA) is 76.4 Å². The lowest BCUT2D eigenvalue weighted by molar-refractivity contribution is 0.0782. The molecule has 0 bridgehead atoms. The molecular formula is C21H24N6O2. The highest BCUT2D eigenvalue weighted by molar-refractivity contribution is 5.99. The molecule has 0 aliphatic carbocycles. The van der Waals surface area contributed by atoms with Crippen molar-refractivity contribution in [2.75, 3.05) is 38.2 Å². The van der Waals surface area contributed by atoms with Crippen LogP contribution >= 0.6 is 0 Å². The summed E-state index contributed by atoms with van der Waals surface area (Å²) >= 11 is 0. The molecule has 4 heterocycles. The van der Waals surface area contributed by atoms with Gasteiger partial charge in [0.1, 0.15) is 0 Å². The number of carbonyl (C=O) groups is 1. The van der Waals surface area contributed by atoms with Crippen molar-refractivity contribution in [3.8, 4) is 5.88 Å². The predicted molar refractivity (Wildman–Crippen MR) is 109 cm³/mol. The number of likely N-dealkylation sites (tertiary alicyclic amines) is 1. The molecule has 1 aromatic carbocycles. The second kappa shape index (κ2) is 6.72. The fraction of sp³-hybridized carbons (Fsp3) is 0.429. The van der Waals surface area contributed by atoms with Crippen molar-refractivity contribution >= 4 is 22.8 Å². The minimum atomic E-state index is 0.0734. The fourth-order valence-electron chi connectivity index (χ4n) is 4.64. The fourth-order valence-corrected chi connectivity index (χ4v) is 4.64. The monoisotopic (exact) mass is 392 g/mol. The van der Waals surface area contributed by atoms with Gasteiger partial charge in [-0.2, -0.15) is 5.10 Å². The number of anilines is 1. The number of aromatic nitrogens is 4. The van der Waals surface area contributed by atoms with E-state index in [1.165, 1.54) is 0 Å². The maximum atomic E-state index is 13.1. The molecule has 2 aliphatic rings. The molecule has 29 heavy (non-hydrogen) atoms. The number of fused-ring (bicyclic) bond motifs is 2. The van der Waals surface area contributed by atoms with E-state index in [0.29, 0.717) is 23.3 Å². The number of ether oxygens (including phenoxy) is 1. The molecule has 8 nitrogen and oxygen atoms in total. The Morgan fingerprint density at radius 3 is 2.59 bits per heavy atom. The third kappa shape index (κ3) is 2.99. The van der Waals surface area contributed by atoms with Gasteiger partial charge in [0.25, 0.3) is 5.91 Å². The van der Waals surface area contributed by atoms with E-state index >= 15 is 0 Å². The molecule has 2 saturated heterocycles. The van der Waals surface area contributed by atoms with E-state index in [0.717, 1.165) is 48.7 Å². The number of carbonyl (C=O) groups excluding carboxylic acids is 1. The van der Waals surface area contributed by atoms with Crippen LogP contribution in [0.4, 0.5) is 5.95 Å². The lowest BCUT2D eigenvalue weighted by Gasteiger charge is -2.22. The van der Waals surface area contributed by atoms with E-state index in [4.69, 9.17) is 4.74 Å². The summed E-state index contributed by atoms with van der Waals surface area (Å²) in [7, 11) is 3.47. The molecule has 2 fully saturated rings. The van der Waals surface area contributed by atoms with Crippen molar-refractivity contribution in [2.45, 2.75) is 6.92 Å². The predicted octanol–water partition coefficient (Wildman–Crippen LogP) is 1.89. The highest BCUT2D eigenvalue weighted by atomic mass is 16.5. The number of rotatable bonds is 3. The van der Waals surface area contributed by atoms with Crippen LogP contribution in [0, 0.1) is 18.8 Å². The Balaban J connectivity index is 1.30. The molecule has 150 valence electrons. The van der Waals surface area contributed by atoms with Gasteiger partial charge in [0.15, 0.2) is 0 Å². The van der Waals surface area contributed by atoms with E-state index in [1.807, 2.05) is 49.3 Å². The van der Waals surface area contributed by atoms with Crippen molar-refractivity contribution in [1.29, 1.82) is 0 Å². The van der Waals surface area contributed by atoms with Gasteiger partial charge in [-0.1, -0.05) is 0 Å². The second-order valence-corrected chi connectivity index (χ2v) is 8.00. The number of nitrogens with zero attached hydrogens (tertiary/aromatic N) is 6. The van der Waals surface area contributed by atoms with Crippen LogP contribution in [0.15, 0.2) is 30.5 Å². The van der Waals surface area contributed by atoms with Gasteiger partial charge in [0, 0.05) is 62.5 Å². The Morgan fingerprint density at radius 1 is 1.14 bits per heavy atom. The minimum Gasteiger partial charge on any atom is -0.481 e. The van der Waals surface area contributed by atoms with E-state index in [1.54, 1.807) is 11.8 Å². The molecule has 8 heteroatoms. The smallest absolute Gasteiger partial charge is 0.253 e. The molecule has 0 saturated carbocycles. The Bertz CT molecular complexity index is 1080. The number of amides is 1. The normalized spacial score (nSPS) is 21.1. The van der Waals surface area contributed by atoms with Crippen molar-refractivity contribution in [1.82, 2.24) is 24.6 Å². The van der Waals surface area contributed by atoms with Gasteiger partial charge in [-0.25, -0.2) is 14.6 Å². The van der Waals surface area contributed by atoms with Crippen molar-refractivity contribution in [3.63, 3.8) is 0 Å². The van der Waals surface area contributed by atoms with Gasteiger partial charge in [-0.15, -0.1) is 0 Å². The molecule has 0 spiro atoms. The molecule has 2 atom stereocenters. The van der Waals surface area contributed by atoms with Gasteiger partial charge < -0.3 is 14.5 Å². The Labute approximate surface area is 169 Å². The molecule has 2 unspecified atom stereocenters. The van der Waals surface area contributed by atoms with E-state index in [-0.39, 0.29) is 5.91 Å². The van der Waals surface area contributed by atoms with Crippen LogP contribution in [0.5, 0.6) is 5.88 Å². The summed E-state index contributed by atoms with van der Waals surface area (Å²) in [6.07, 6.45) is 1.81. The van der Waals surface area contributed by atoms with Crippen LogP contribution in [0.25, 0.3) is 10.9 Å². The van der Waals surface area contributed by atoms with Crippen molar-refractivity contribution in [2.24, 2.45) is 18.9 Å². The molecule has 3 aromatic rings. The van der Waals surface area contributed by atoms with Crippen LogP contribution in [-0.2, 0) is 7.05 Å². The number of aryl methyl sites for hydroxylation is 2. The average Bonchev–Trinajstić information content (AvgIpc) is 3.37. The standard InChI is InChI=1S/C21H24N6O2/c1-13-6-7-22-21(23-13)27-11-15-9-26(10-16(15)12-27)19(28)14-4-5-17-18(8-14)24-25(2)20(17)29-3/h4-8,15-16H,9-12H2,1-3H3. The van der Waals surface area contributed by atoms with Gasteiger partial charge >= 0.3 is 0 Å². The molecule has 2 aromatic heterocycles. The maximum Gasteiger partial charge on any atom is 0.253 e. The van der Waals surface area contributed by atoms with Gasteiger partial charge in [0.2, 0.25) is 11.8 Å². The summed E-state index contributed by atoms with van der Waals surface area (Å²) in [6.45, 7) is 5.32. The molecule has 1 amide bonds. The summed E-state index contributed by atoms with van der Waals surface area (Å²) in [5.74, 6) is 2.49. The number of benzene rings is 1. The number of hydrogen-bond acceptors (Lipinski definition) is 6. The summed E-state index contributed by atoms with van der Waals surface area (Å²) < 4.78 is 7.09. The number of hydrogen-bond donors (Lipinski definition) is 0. The molecule has 0 N–H and O–H groups in total. The lowest BCUT2D eigenvalue weighted by atomic mass is 10.0.